The molecule has 12 nitrogen and oxygen atoms in total. The van der Waals surface area contributed by atoms with E-state index >= 15 is 0 Å². The number of aryl methyl sites for hydroxylation is 1. The van der Waals surface area contributed by atoms with Crippen LogP contribution in [0, 0.1) is 6.92 Å². The topological polar surface area (TPSA) is 142 Å². The third-order valence-corrected chi connectivity index (χ3v) is 9.20. The van der Waals surface area contributed by atoms with Crippen molar-refractivity contribution < 1.29 is 28.7 Å². The molecule has 250 valence electrons. The van der Waals surface area contributed by atoms with Crippen molar-refractivity contribution in [1.29, 1.82) is 0 Å². The Morgan fingerprint density at radius 1 is 1.02 bits per heavy atom. The first-order valence-electron chi connectivity index (χ1n) is 15.8. The smallest absolute Gasteiger partial charge is 0.410 e. The van der Waals surface area contributed by atoms with Gasteiger partial charge in [0.1, 0.15) is 33.4 Å². The number of aromatic nitrogens is 1. The van der Waals surface area contributed by atoms with Gasteiger partial charge >= 0.3 is 12.1 Å². The fraction of sp³-hybridized carbons (Fsp3) is 0.343. The van der Waals surface area contributed by atoms with Crippen LogP contribution < -0.4 is 25.6 Å². The predicted octanol–water partition coefficient (Wildman–Crippen LogP) is 6.71. The normalized spacial score (nSPS) is 17.1. The number of carbonyl (C=O) groups is 4. The van der Waals surface area contributed by atoms with Crippen LogP contribution in [0.3, 0.4) is 0 Å². The summed E-state index contributed by atoms with van der Waals surface area (Å²) in [5, 5.41) is 9.67. The third kappa shape index (κ3) is 6.91. The van der Waals surface area contributed by atoms with Crippen molar-refractivity contribution in [1.82, 2.24) is 20.5 Å². The first-order chi connectivity index (χ1) is 22.9. The van der Waals surface area contributed by atoms with E-state index in [0.717, 1.165) is 12.0 Å². The average molecular weight is 671 g/mol. The highest BCUT2D eigenvalue weighted by molar-refractivity contribution is 7.21. The molecule has 4 aromatic rings. The van der Waals surface area contributed by atoms with Gasteiger partial charge in [-0.2, -0.15) is 0 Å². The van der Waals surface area contributed by atoms with Crippen LogP contribution in [0.4, 0.5) is 26.7 Å². The molecule has 0 saturated heterocycles. The van der Waals surface area contributed by atoms with Crippen molar-refractivity contribution in [2.75, 3.05) is 23.8 Å². The van der Waals surface area contributed by atoms with Crippen molar-refractivity contribution in [2.24, 2.45) is 0 Å². The molecule has 1 aliphatic heterocycles. The zero-order valence-electron chi connectivity index (χ0n) is 27.5. The summed E-state index contributed by atoms with van der Waals surface area (Å²) in [4.78, 5) is 60.8. The molecule has 0 radical (unpaired) electrons. The number of carbonyl (C=O) groups excluding carboxylic acids is 4. The van der Waals surface area contributed by atoms with Crippen LogP contribution in [0.5, 0.6) is 11.5 Å². The maximum Gasteiger partial charge on any atom is 0.410 e. The highest BCUT2D eigenvalue weighted by atomic mass is 32.1. The van der Waals surface area contributed by atoms with Gasteiger partial charge in [0.05, 0.1) is 22.4 Å². The molecule has 0 spiro atoms. The lowest BCUT2D eigenvalue weighted by atomic mass is 10.1. The summed E-state index contributed by atoms with van der Waals surface area (Å²) in [6, 6.07) is 15.7. The summed E-state index contributed by atoms with van der Waals surface area (Å²) < 4.78 is 11.3. The van der Waals surface area contributed by atoms with E-state index in [1.807, 2.05) is 55.5 Å². The highest BCUT2D eigenvalue weighted by Gasteiger charge is 2.36. The Balaban J connectivity index is 1.18. The first-order valence-corrected chi connectivity index (χ1v) is 16.6. The lowest BCUT2D eigenvalue weighted by molar-refractivity contribution is -0.122. The zero-order valence-corrected chi connectivity index (χ0v) is 28.3. The molecule has 3 heterocycles. The molecule has 48 heavy (non-hydrogen) atoms. The largest absolute Gasteiger partial charge is 0.457 e. The lowest BCUT2D eigenvalue weighted by Crippen LogP contribution is -2.51. The number of likely N-dealkylation sites (N-methyl/N-ethyl adjacent to an activating group) is 1. The van der Waals surface area contributed by atoms with E-state index in [1.54, 1.807) is 37.9 Å². The molecule has 2 aromatic heterocycles. The average Bonchev–Trinajstić information content (AvgIpc) is 3.62. The highest BCUT2D eigenvalue weighted by Crippen LogP contribution is 2.46. The monoisotopic (exact) mass is 670 g/mol. The Morgan fingerprint density at radius 3 is 2.46 bits per heavy atom. The van der Waals surface area contributed by atoms with E-state index in [0.29, 0.717) is 56.5 Å². The fourth-order valence-electron chi connectivity index (χ4n) is 5.96. The molecule has 0 bridgehead atoms. The second kappa shape index (κ2) is 13.1. The second-order valence-corrected chi connectivity index (χ2v) is 14.0. The summed E-state index contributed by atoms with van der Waals surface area (Å²) in [5.41, 5.74) is 1.85. The maximum absolute atomic E-state index is 13.7. The molecule has 1 fully saturated rings. The Morgan fingerprint density at radius 2 is 1.75 bits per heavy atom. The number of hydrogen-bond donors (Lipinski definition) is 3. The standard InChI is InChI=1S/C35H38N6O6S/c1-20-18-22(46-21-10-7-6-8-11-21)14-15-25(20)41-26-16-17-36-32-28(26)29(39-33(41)44)30(48-32)31(43)38-24-13-9-12-23(24)37-27(42)19-40(5)34(45)47-35(2,3)4/h6-8,10-11,14-18,23-24H,9,12-13,19H2,1-5H3,(H,37,42)(H,38,43)(H,39,44)/t23-,24-/m1/s1. The number of hydrogen-bond acceptors (Lipinski definition) is 8. The molecular formula is C35H38N6O6S. The van der Waals surface area contributed by atoms with Crippen molar-refractivity contribution in [3.8, 4) is 11.5 Å². The van der Waals surface area contributed by atoms with Gasteiger partial charge in [-0.25, -0.2) is 14.6 Å². The number of urea groups is 1. The lowest BCUT2D eigenvalue weighted by Gasteiger charge is -2.30. The van der Waals surface area contributed by atoms with Crippen molar-refractivity contribution in [3.05, 3.63) is 71.2 Å². The summed E-state index contributed by atoms with van der Waals surface area (Å²) in [6.07, 6.45) is 3.20. The number of rotatable bonds is 8. The van der Waals surface area contributed by atoms with Crippen molar-refractivity contribution in [3.63, 3.8) is 0 Å². The summed E-state index contributed by atoms with van der Waals surface area (Å²) in [7, 11) is 1.50. The van der Waals surface area contributed by atoms with Gasteiger partial charge in [-0.05, 0) is 88.9 Å². The number of amides is 5. The first kappa shape index (κ1) is 32.8. The van der Waals surface area contributed by atoms with Gasteiger partial charge in [0.2, 0.25) is 5.91 Å². The minimum absolute atomic E-state index is 0.175. The number of pyridine rings is 1. The van der Waals surface area contributed by atoms with Crippen molar-refractivity contribution in [2.45, 2.75) is 64.6 Å². The number of nitrogens with one attached hydrogen (secondary N) is 3. The second-order valence-electron chi connectivity index (χ2n) is 13.0. The Labute approximate surface area is 282 Å². The zero-order chi connectivity index (χ0) is 34.2. The number of ether oxygens (including phenoxy) is 2. The van der Waals surface area contributed by atoms with Crippen LogP contribution in [0.25, 0.3) is 10.2 Å². The van der Waals surface area contributed by atoms with E-state index in [2.05, 4.69) is 20.9 Å². The molecule has 0 unspecified atom stereocenters. The van der Waals surface area contributed by atoms with Gasteiger partial charge < -0.3 is 30.3 Å². The van der Waals surface area contributed by atoms with Crippen molar-refractivity contribution >= 4 is 62.6 Å². The maximum atomic E-state index is 13.7. The van der Waals surface area contributed by atoms with Crippen LogP contribution in [-0.2, 0) is 9.53 Å². The van der Waals surface area contributed by atoms with E-state index in [9.17, 15) is 19.2 Å². The number of nitrogens with zero attached hydrogens (tertiary/aromatic N) is 3. The summed E-state index contributed by atoms with van der Waals surface area (Å²) in [5.74, 6) is 0.652. The third-order valence-electron chi connectivity index (χ3n) is 8.11. The van der Waals surface area contributed by atoms with Crippen LogP contribution >= 0.6 is 11.3 Å². The van der Waals surface area contributed by atoms with E-state index in [4.69, 9.17) is 9.47 Å². The molecule has 3 N–H and O–H groups in total. The fourth-order valence-corrected chi connectivity index (χ4v) is 6.98. The molecular weight excluding hydrogens is 632 g/mol. The van der Waals surface area contributed by atoms with Crippen LogP contribution in [0.15, 0.2) is 60.8 Å². The van der Waals surface area contributed by atoms with Gasteiger partial charge in [0, 0.05) is 25.3 Å². The summed E-state index contributed by atoms with van der Waals surface area (Å²) >= 11 is 1.20. The van der Waals surface area contributed by atoms with Gasteiger partial charge in [-0.3, -0.25) is 14.5 Å². The molecule has 1 aliphatic carbocycles. The minimum atomic E-state index is -0.675. The van der Waals surface area contributed by atoms with Gasteiger partial charge in [0.15, 0.2) is 0 Å². The van der Waals surface area contributed by atoms with Crippen LogP contribution in [0.1, 0.15) is 55.3 Å². The molecule has 13 heteroatoms. The van der Waals surface area contributed by atoms with E-state index in [-0.39, 0.29) is 30.4 Å². The molecule has 2 aromatic carbocycles. The SMILES string of the molecule is Cc1cc(Oc2ccccc2)ccc1N1C(=O)Nc2c(C(=O)N[C@@H]3CCC[C@H]3NC(=O)CN(C)C(=O)OC(C)(C)C)sc3nccc1c23. The molecule has 6 rings (SSSR count). The number of para-hydroxylation sites is 1. The number of thiophene rings is 1. The predicted molar refractivity (Wildman–Crippen MR) is 184 cm³/mol. The quantitative estimate of drug-likeness (QED) is 0.189. The van der Waals surface area contributed by atoms with Gasteiger partial charge in [-0.15, -0.1) is 11.3 Å². The molecule has 2 aliphatic rings. The minimum Gasteiger partial charge on any atom is -0.457 e. The van der Waals surface area contributed by atoms with E-state index in [1.165, 1.54) is 23.3 Å². The molecule has 5 amide bonds. The molecule has 1 saturated carbocycles. The van der Waals surface area contributed by atoms with Gasteiger partial charge in [0.25, 0.3) is 5.91 Å². The van der Waals surface area contributed by atoms with E-state index < -0.39 is 17.7 Å². The Kier molecular flexibility index (Phi) is 8.97. The summed E-state index contributed by atoms with van der Waals surface area (Å²) in [6.45, 7) is 7.02. The number of anilines is 3. The van der Waals surface area contributed by atoms with Gasteiger partial charge in [-0.1, -0.05) is 18.2 Å². The number of benzene rings is 2. The molecule has 2 atom stereocenters. The Bertz CT molecular complexity index is 1890. The Hall–Kier alpha value is -5.17. The van der Waals surface area contributed by atoms with Crippen LogP contribution in [-0.4, -0.2) is 65.1 Å². The van der Waals surface area contributed by atoms with Crippen LogP contribution in [0.2, 0.25) is 0 Å².